The average Bonchev–Trinajstić information content (AvgIpc) is 3.35. The van der Waals surface area contributed by atoms with Crippen LogP contribution < -0.4 is 0 Å². The highest BCUT2D eigenvalue weighted by atomic mass is 16.6. The lowest BCUT2D eigenvalue weighted by Crippen LogP contribution is -2.30. The van der Waals surface area contributed by atoms with E-state index in [0.717, 1.165) is 64.2 Å². The Hall–Kier alpha value is -2.11. The number of carbonyl (C=O) groups is 3. The van der Waals surface area contributed by atoms with Gasteiger partial charge in [0, 0.05) is 19.3 Å². The number of esters is 3. The quantitative estimate of drug-likeness (QED) is 0.0261. The fourth-order valence-corrected chi connectivity index (χ4v) is 9.30. The first-order valence-corrected chi connectivity index (χ1v) is 30.8. The van der Waals surface area contributed by atoms with Crippen LogP contribution in [-0.2, 0) is 28.6 Å². The monoisotopic (exact) mass is 971 g/mol. The number of ether oxygens (including phenoxy) is 3. The molecule has 0 amide bonds. The molecule has 6 heteroatoms. The lowest BCUT2D eigenvalue weighted by Gasteiger charge is -2.18. The molecule has 0 aromatic rings. The summed E-state index contributed by atoms with van der Waals surface area (Å²) in [5.41, 5.74) is 0. The minimum Gasteiger partial charge on any atom is -0.462 e. The molecule has 0 saturated carbocycles. The summed E-state index contributed by atoms with van der Waals surface area (Å²) in [6, 6.07) is 0. The summed E-state index contributed by atoms with van der Waals surface area (Å²) >= 11 is 0. The molecule has 0 aromatic carbocycles. The molecule has 0 spiro atoms. The van der Waals surface area contributed by atoms with E-state index in [1.807, 2.05) is 0 Å². The molecule has 1 unspecified atom stereocenters. The number of unbranched alkanes of at least 4 members (excludes halogenated alkanes) is 42. The van der Waals surface area contributed by atoms with Gasteiger partial charge in [-0.1, -0.05) is 295 Å². The summed E-state index contributed by atoms with van der Waals surface area (Å²) in [5, 5.41) is 0. The van der Waals surface area contributed by atoms with Crippen LogP contribution in [-0.4, -0.2) is 37.2 Å². The van der Waals surface area contributed by atoms with Gasteiger partial charge in [-0.2, -0.15) is 0 Å². The molecule has 0 radical (unpaired) electrons. The number of rotatable bonds is 57. The van der Waals surface area contributed by atoms with Crippen LogP contribution in [0.2, 0.25) is 0 Å². The van der Waals surface area contributed by atoms with Crippen molar-refractivity contribution in [3.63, 3.8) is 0 Å². The molecular formula is C63H118O6. The second-order valence-electron chi connectivity index (χ2n) is 21.0. The van der Waals surface area contributed by atoms with Crippen molar-refractivity contribution in [1.82, 2.24) is 0 Å². The lowest BCUT2D eigenvalue weighted by molar-refractivity contribution is -0.167. The van der Waals surface area contributed by atoms with E-state index in [1.165, 1.54) is 238 Å². The molecular weight excluding hydrogens is 853 g/mol. The van der Waals surface area contributed by atoms with Gasteiger partial charge >= 0.3 is 17.9 Å². The summed E-state index contributed by atoms with van der Waals surface area (Å²) in [6.45, 7) is 6.66. The van der Waals surface area contributed by atoms with E-state index in [1.54, 1.807) is 0 Å². The van der Waals surface area contributed by atoms with Gasteiger partial charge in [0.25, 0.3) is 0 Å². The van der Waals surface area contributed by atoms with Crippen LogP contribution in [0.3, 0.4) is 0 Å². The topological polar surface area (TPSA) is 78.9 Å². The molecule has 0 aliphatic carbocycles. The first-order valence-electron chi connectivity index (χ1n) is 30.8. The molecule has 0 rings (SSSR count). The van der Waals surface area contributed by atoms with Crippen molar-refractivity contribution < 1.29 is 28.6 Å². The standard InChI is InChI=1S/C63H118O6/c1-4-7-10-13-16-19-21-23-25-26-27-28-29-30-31-32-33-34-35-36-38-39-41-44-47-50-53-56-62(65)68-59-60(58-67-61(64)55-52-49-46-43-18-15-12-9-6-3)69-63(66)57-54-51-48-45-42-40-37-24-22-20-17-14-11-8-5-2/h21,23,26-27,60H,4-20,22,24-25,28-59H2,1-3H3/b23-21-,27-26-. The minimum absolute atomic E-state index is 0.0650. The molecule has 0 N–H and O–H groups in total. The lowest BCUT2D eigenvalue weighted by atomic mass is 10.0. The molecule has 1 atom stereocenters. The Labute approximate surface area is 430 Å². The van der Waals surface area contributed by atoms with Crippen LogP contribution in [0.15, 0.2) is 24.3 Å². The Morgan fingerprint density at radius 1 is 0.290 bits per heavy atom. The maximum absolute atomic E-state index is 12.8. The van der Waals surface area contributed by atoms with Crippen LogP contribution in [0.25, 0.3) is 0 Å². The summed E-state index contributed by atoms with van der Waals surface area (Å²) in [6.07, 6.45) is 69.1. The third kappa shape index (κ3) is 56.7. The number of allylic oxidation sites excluding steroid dienone is 4. The maximum Gasteiger partial charge on any atom is 0.306 e. The SMILES string of the molecule is CCCCCCC/C=C\C/C=C\CCCCCCCCCCCCCCCCCC(=O)OCC(COC(=O)CCCCCCCCCCC)OC(=O)CCCCCCCCCCCCCCCCC. The summed E-state index contributed by atoms with van der Waals surface area (Å²) in [4.78, 5) is 38.1. The molecule has 0 aliphatic heterocycles. The summed E-state index contributed by atoms with van der Waals surface area (Å²) < 4.78 is 16.9. The Bertz CT molecular complexity index is 1110. The van der Waals surface area contributed by atoms with Gasteiger partial charge in [0.05, 0.1) is 0 Å². The predicted molar refractivity (Wildman–Crippen MR) is 298 cm³/mol. The van der Waals surface area contributed by atoms with Crippen molar-refractivity contribution in [2.75, 3.05) is 13.2 Å². The van der Waals surface area contributed by atoms with Crippen LogP contribution >= 0.6 is 0 Å². The summed E-state index contributed by atoms with van der Waals surface area (Å²) in [7, 11) is 0. The van der Waals surface area contributed by atoms with Crippen molar-refractivity contribution in [2.24, 2.45) is 0 Å². The van der Waals surface area contributed by atoms with Gasteiger partial charge in [0.15, 0.2) is 6.10 Å². The highest BCUT2D eigenvalue weighted by molar-refractivity contribution is 5.71. The zero-order valence-electron chi connectivity index (χ0n) is 46.6. The molecule has 0 bridgehead atoms. The molecule has 0 heterocycles. The number of hydrogen-bond acceptors (Lipinski definition) is 6. The Morgan fingerprint density at radius 2 is 0.522 bits per heavy atom. The van der Waals surface area contributed by atoms with Crippen LogP contribution in [0, 0.1) is 0 Å². The van der Waals surface area contributed by atoms with E-state index in [2.05, 4.69) is 45.1 Å². The van der Waals surface area contributed by atoms with E-state index < -0.39 is 6.10 Å². The zero-order valence-corrected chi connectivity index (χ0v) is 46.6. The van der Waals surface area contributed by atoms with Gasteiger partial charge < -0.3 is 14.2 Å². The molecule has 406 valence electrons. The van der Waals surface area contributed by atoms with E-state index in [4.69, 9.17) is 14.2 Å². The molecule has 0 saturated heterocycles. The second kappa shape index (κ2) is 58.5. The molecule has 6 nitrogen and oxygen atoms in total. The van der Waals surface area contributed by atoms with Gasteiger partial charge in [-0.15, -0.1) is 0 Å². The van der Waals surface area contributed by atoms with E-state index in [-0.39, 0.29) is 31.1 Å². The summed E-state index contributed by atoms with van der Waals surface area (Å²) in [5.74, 6) is -0.845. The predicted octanol–water partition coefficient (Wildman–Crippen LogP) is 20.7. The van der Waals surface area contributed by atoms with Crippen LogP contribution in [0.4, 0.5) is 0 Å². The van der Waals surface area contributed by atoms with Crippen molar-refractivity contribution in [1.29, 1.82) is 0 Å². The highest BCUT2D eigenvalue weighted by Crippen LogP contribution is 2.17. The molecule has 0 aromatic heterocycles. The van der Waals surface area contributed by atoms with Gasteiger partial charge in [0.2, 0.25) is 0 Å². The Morgan fingerprint density at radius 3 is 0.797 bits per heavy atom. The third-order valence-electron chi connectivity index (χ3n) is 14.0. The Kier molecular flexibility index (Phi) is 56.7. The maximum atomic E-state index is 12.8. The van der Waals surface area contributed by atoms with E-state index in [0.29, 0.717) is 19.3 Å². The fourth-order valence-electron chi connectivity index (χ4n) is 9.30. The first-order chi connectivity index (χ1) is 34.0. The average molecular weight is 972 g/mol. The minimum atomic E-state index is -0.764. The highest BCUT2D eigenvalue weighted by Gasteiger charge is 2.19. The largest absolute Gasteiger partial charge is 0.462 e. The normalized spacial score (nSPS) is 12.1. The zero-order chi connectivity index (χ0) is 50.0. The number of carbonyl (C=O) groups excluding carboxylic acids is 3. The van der Waals surface area contributed by atoms with Gasteiger partial charge in [-0.05, 0) is 51.4 Å². The third-order valence-corrected chi connectivity index (χ3v) is 14.0. The molecule has 0 aliphatic rings. The van der Waals surface area contributed by atoms with Gasteiger partial charge in [-0.3, -0.25) is 14.4 Å². The smallest absolute Gasteiger partial charge is 0.306 e. The van der Waals surface area contributed by atoms with Gasteiger partial charge in [0.1, 0.15) is 13.2 Å². The van der Waals surface area contributed by atoms with Gasteiger partial charge in [-0.25, -0.2) is 0 Å². The van der Waals surface area contributed by atoms with Crippen molar-refractivity contribution in [2.45, 2.75) is 348 Å². The first kappa shape index (κ1) is 66.9. The van der Waals surface area contributed by atoms with Crippen molar-refractivity contribution >= 4 is 17.9 Å². The van der Waals surface area contributed by atoms with Crippen molar-refractivity contribution in [3.8, 4) is 0 Å². The van der Waals surface area contributed by atoms with Crippen molar-refractivity contribution in [3.05, 3.63) is 24.3 Å². The van der Waals surface area contributed by atoms with Crippen LogP contribution in [0.1, 0.15) is 342 Å². The molecule has 0 fully saturated rings. The molecule has 69 heavy (non-hydrogen) atoms. The van der Waals surface area contributed by atoms with Crippen LogP contribution in [0.5, 0.6) is 0 Å². The number of hydrogen-bond donors (Lipinski definition) is 0. The fraction of sp³-hybridized carbons (Fsp3) is 0.889. The Balaban J connectivity index is 4.11. The second-order valence-corrected chi connectivity index (χ2v) is 21.0. The van der Waals surface area contributed by atoms with E-state index in [9.17, 15) is 14.4 Å². The van der Waals surface area contributed by atoms with E-state index >= 15 is 0 Å².